The molecule has 1 aliphatic rings. The van der Waals surface area contributed by atoms with Gasteiger partial charge in [0.05, 0.1) is 42.2 Å². The first kappa shape index (κ1) is 29.2. The summed E-state index contributed by atoms with van der Waals surface area (Å²) in [5.41, 5.74) is 0.712. The molecule has 1 aliphatic heterocycles. The Labute approximate surface area is 238 Å². The monoisotopic (exact) mass is 587 g/mol. The molecule has 3 aromatic carbocycles. The summed E-state index contributed by atoms with van der Waals surface area (Å²) in [5, 5.41) is 5.93. The van der Waals surface area contributed by atoms with Crippen molar-refractivity contribution in [3.63, 3.8) is 0 Å². The molecule has 0 aliphatic carbocycles. The lowest BCUT2D eigenvalue weighted by molar-refractivity contribution is -0.114. The average molecular weight is 588 g/mol. The van der Waals surface area contributed by atoms with Crippen molar-refractivity contribution in [3.05, 3.63) is 77.3 Å². The molecule has 1 heterocycles. The van der Waals surface area contributed by atoms with Gasteiger partial charge >= 0.3 is 0 Å². The summed E-state index contributed by atoms with van der Waals surface area (Å²) < 4.78 is 44.6. The van der Waals surface area contributed by atoms with Crippen LogP contribution in [0.3, 0.4) is 0 Å². The van der Waals surface area contributed by atoms with Crippen molar-refractivity contribution in [1.29, 1.82) is 0 Å². The number of para-hydroxylation sites is 1. The van der Waals surface area contributed by atoms with Gasteiger partial charge < -0.3 is 24.8 Å². The van der Waals surface area contributed by atoms with E-state index in [-0.39, 0.29) is 39.6 Å². The minimum absolute atomic E-state index is 0.0413. The number of hydrogen-bond acceptors (Lipinski definition) is 7. The number of carbonyl (C=O) groups is 2. The van der Waals surface area contributed by atoms with Gasteiger partial charge in [-0.1, -0.05) is 23.7 Å². The third kappa shape index (κ3) is 6.85. The highest BCUT2D eigenvalue weighted by Gasteiger charge is 2.29. The van der Waals surface area contributed by atoms with Crippen molar-refractivity contribution >= 4 is 44.8 Å². The van der Waals surface area contributed by atoms with Crippen LogP contribution in [-0.4, -0.2) is 60.3 Å². The molecule has 0 unspecified atom stereocenters. The Morgan fingerprint density at radius 1 is 1.02 bits per heavy atom. The molecule has 0 spiro atoms. The van der Waals surface area contributed by atoms with Crippen LogP contribution in [-0.2, 0) is 19.6 Å². The lowest BCUT2D eigenvalue weighted by Crippen LogP contribution is -2.38. The maximum absolute atomic E-state index is 13.8. The predicted octanol–water partition coefficient (Wildman–Crippen LogP) is 4.10. The molecular weight excluding hydrogens is 558 g/mol. The number of anilines is 2. The molecule has 3 aromatic rings. The first-order chi connectivity index (χ1) is 19.2. The molecule has 0 radical (unpaired) electrons. The van der Waals surface area contributed by atoms with E-state index in [4.69, 9.17) is 25.8 Å². The van der Waals surface area contributed by atoms with E-state index in [9.17, 15) is 18.0 Å². The van der Waals surface area contributed by atoms with Crippen LogP contribution < -0.4 is 24.4 Å². The molecule has 1 fully saturated rings. The zero-order valence-electron chi connectivity index (χ0n) is 22.1. The van der Waals surface area contributed by atoms with Crippen LogP contribution in [0.5, 0.6) is 11.5 Å². The van der Waals surface area contributed by atoms with E-state index in [1.54, 1.807) is 24.3 Å². The van der Waals surface area contributed by atoms with Gasteiger partial charge in [0.2, 0.25) is 5.91 Å². The fourth-order valence-corrected chi connectivity index (χ4v) is 5.81. The number of benzene rings is 3. The Kier molecular flexibility index (Phi) is 9.51. The largest absolute Gasteiger partial charge is 0.493 e. The summed E-state index contributed by atoms with van der Waals surface area (Å²) in [6.07, 6.45) is 1.78. The number of methoxy groups -OCH3 is 2. The Balaban J connectivity index is 1.58. The van der Waals surface area contributed by atoms with Crippen LogP contribution in [0, 0.1) is 0 Å². The number of halogens is 1. The van der Waals surface area contributed by atoms with Gasteiger partial charge in [-0.2, -0.15) is 0 Å². The quantitative estimate of drug-likeness (QED) is 0.346. The Hall–Kier alpha value is -3.80. The van der Waals surface area contributed by atoms with E-state index >= 15 is 0 Å². The second-order valence-electron chi connectivity index (χ2n) is 8.94. The molecular formula is C28H30ClN3O7S. The van der Waals surface area contributed by atoms with Crippen molar-refractivity contribution in [2.45, 2.75) is 23.8 Å². The molecule has 2 amide bonds. The molecule has 1 atom stereocenters. The number of amides is 2. The molecule has 0 bridgehead atoms. The normalized spacial score (nSPS) is 14.8. The van der Waals surface area contributed by atoms with Crippen molar-refractivity contribution in [2.24, 2.45) is 0 Å². The number of nitrogens with zero attached hydrogens (tertiary/aromatic N) is 1. The lowest BCUT2D eigenvalue weighted by Gasteiger charge is -2.25. The van der Waals surface area contributed by atoms with E-state index in [1.807, 2.05) is 0 Å². The number of sulfonamides is 1. The van der Waals surface area contributed by atoms with Crippen LogP contribution in [0.4, 0.5) is 11.4 Å². The fourth-order valence-electron chi connectivity index (χ4n) is 4.24. The van der Waals surface area contributed by atoms with E-state index in [0.717, 1.165) is 17.1 Å². The summed E-state index contributed by atoms with van der Waals surface area (Å²) >= 11 is 6.02. The average Bonchev–Trinajstić information content (AvgIpc) is 3.49. The number of rotatable bonds is 11. The molecule has 12 heteroatoms. The first-order valence-electron chi connectivity index (χ1n) is 12.5. The highest BCUT2D eigenvalue weighted by molar-refractivity contribution is 7.92. The van der Waals surface area contributed by atoms with Gasteiger partial charge in [0.25, 0.3) is 15.9 Å². The zero-order valence-corrected chi connectivity index (χ0v) is 23.6. The Morgan fingerprint density at radius 3 is 2.42 bits per heavy atom. The van der Waals surface area contributed by atoms with Crippen molar-refractivity contribution < 1.29 is 32.2 Å². The first-order valence-corrected chi connectivity index (χ1v) is 14.3. The molecule has 2 N–H and O–H groups in total. The summed E-state index contributed by atoms with van der Waals surface area (Å²) in [4.78, 5) is 26.0. The molecule has 212 valence electrons. The van der Waals surface area contributed by atoms with E-state index < -0.39 is 22.5 Å². The number of carbonyl (C=O) groups excluding carboxylic acids is 2. The van der Waals surface area contributed by atoms with Crippen LogP contribution in [0.1, 0.15) is 23.2 Å². The summed E-state index contributed by atoms with van der Waals surface area (Å²) in [7, 11) is -1.42. The number of ether oxygens (including phenoxy) is 3. The Bertz CT molecular complexity index is 1460. The smallest absolute Gasteiger partial charge is 0.264 e. The third-order valence-electron chi connectivity index (χ3n) is 6.30. The van der Waals surface area contributed by atoms with E-state index in [1.165, 1.54) is 56.7 Å². The van der Waals surface area contributed by atoms with Crippen molar-refractivity contribution in [1.82, 2.24) is 5.32 Å². The van der Waals surface area contributed by atoms with Crippen molar-refractivity contribution in [3.8, 4) is 11.5 Å². The van der Waals surface area contributed by atoms with Gasteiger partial charge in [-0.15, -0.1) is 0 Å². The van der Waals surface area contributed by atoms with E-state index in [2.05, 4.69) is 10.6 Å². The zero-order chi connectivity index (χ0) is 28.7. The summed E-state index contributed by atoms with van der Waals surface area (Å²) in [5.74, 6) is -0.462. The Morgan fingerprint density at radius 2 is 1.75 bits per heavy atom. The molecule has 0 aromatic heterocycles. The SMILES string of the molecule is COc1ccc(S(=O)(=O)N(CC(=O)Nc2ccccc2C(=O)NC[C@H]2CCCO2)c2ccc(Cl)cc2)cc1OC. The summed E-state index contributed by atoms with van der Waals surface area (Å²) in [6, 6.07) is 16.7. The maximum atomic E-state index is 13.8. The van der Waals surface area contributed by atoms with Crippen LogP contribution in [0.25, 0.3) is 0 Å². The molecule has 1 saturated heterocycles. The topological polar surface area (TPSA) is 123 Å². The summed E-state index contributed by atoms with van der Waals surface area (Å²) in [6.45, 7) is 0.447. The van der Waals surface area contributed by atoms with Gasteiger partial charge in [-0.3, -0.25) is 13.9 Å². The molecule has 10 nitrogen and oxygen atoms in total. The second-order valence-corrected chi connectivity index (χ2v) is 11.2. The standard InChI is InChI=1S/C28H30ClN3O7S/c1-37-25-14-13-22(16-26(25)38-2)40(35,36)32(20-11-9-19(29)10-12-20)18-27(33)31-24-8-4-3-7-23(24)28(34)30-17-21-6-5-15-39-21/h3-4,7-14,16,21H,5-6,15,17-18H2,1-2H3,(H,30,34)(H,31,33)/t21-/m1/s1. The van der Waals surface area contributed by atoms with Crippen LogP contribution >= 0.6 is 11.6 Å². The lowest BCUT2D eigenvalue weighted by atomic mass is 10.1. The highest BCUT2D eigenvalue weighted by Crippen LogP contribution is 2.32. The highest BCUT2D eigenvalue weighted by atomic mass is 35.5. The van der Waals surface area contributed by atoms with Gasteiger partial charge in [0, 0.05) is 24.2 Å². The van der Waals surface area contributed by atoms with Gasteiger partial charge in [0.15, 0.2) is 11.5 Å². The van der Waals surface area contributed by atoms with Gasteiger partial charge in [0.1, 0.15) is 6.54 Å². The molecule has 0 saturated carbocycles. The molecule has 4 rings (SSSR count). The van der Waals surface area contributed by atoms with Gasteiger partial charge in [-0.25, -0.2) is 8.42 Å². The number of hydrogen-bond donors (Lipinski definition) is 2. The predicted molar refractivity (Wildman–Crippen MR) is 152 cm³/mol. The fraction of sp³-hybridized carbons (Fsp3) is 0.286. The third-order valence-corrected chi connectivity index (χ3v) is 8.33. The van der Waals surface area contributed by atoms with Crippen LogP contribution in [0.15, 0.2) is 71.6 Å². The minimum atomic E-state index is -4.26. The maximum Gasteiger partial charge on any atom is 0.264 e. The number of nitrogens with one attached hydrogen (secondary N) is 2. The minimum Gasteiger partial charge on any atom is -0.493 e. The van der Waals surface area contributed by atoms with E-state index in [0.29, 0.717) is 23.9 Å². The molecule has 40 heavy (non-hydrogen) atoms. The van der Waals surface area contributed by atoms with Crippen LogP contribution in [0.2, 0.25) is 5.02 Å². The van der Waals surface area contributed by atoms with Gasteiger partial charge in [-0.05, 0) is 61.4 Å². The van der Waals surface area contributed by atoms with Crippen molar-refractivity contribution in [2.75, 3.05) is 43.5 Å². The second kappa shape index (κ2) is 13.0.